The van der Waals surface area contributed by atoms with Gasteiger partial charge < -0.3 is 10.2 Å². The highest BCUT2D eigenvalue weighted by Gasteiger charge is 2.21. The molecular formula is C20H23N3O4S. The lowest BCUT2D eigenvalue weighted by Crippen LogP contribution is -2.30. The van der Waals surface area contributed by atoms with Gasteiger partial charge in [0.15, 0.2) is 0 Å². The van der Waals surface area contributed by atoms with Gasteiger partial charge in [0.1, 0.15) is 0 Å². The molecule has 0 radical (unpaired) electrons. The summed E-state index contributed by atoms with van der Waals surface area (Å²) in [6, 6.07) is 11.1. The summed E-state index contributed by atoms with van der Waals surface area (Å²) in [4.78, 5) is 25.7. The molecule has 0 aromatic heterocycles. The Morgan fingerprint density at radius 3 is 2.57 bits per heavy atom. The van der Waals surface area contributed by atoms with Crippen LogP contribution in [0.3, 0.4) is 0 Å². The first-order chi connectivity index (χ1) is 13.3. The Labute approximate surface area is 164 Å². The van der Waals surface area contributed by atoms with Crippen molar-refractivity contribution in [1.29, 1.82) is 0 Å². The molecule has 1 aliphatic heterocycles. The molecule has 2 aromatic rings. The predicted octanol–water partition coefficient (Wildman–Crippen LogP) is 2.85. The molecule has 0 unspecified atom stereocenters. The molecule has 0 saturated carbocycles. The Bertz CT molecular complexity index is 1010. The fourth-order valence-electron chi connectivity index (χ4n) is 3.15. The van der Waals surface area contributed by atoms with Gasteiger partial charge in [-0.05, 0) is 62.2 Å². The van der Waals surface area contributed by atoms with Gasteiger partial charge in [-0.1, -0.05) is 6.07 Å². The summed E-state index contributed by atoms with van der Waals surface area (Å²) >= 11 is 0. The molecule has 2 aromatic carbocycles. The van der Waals surface area contributed by atoms with Gasteiger partial charge in [0.2, 0.25) is 5.91 Å². The van der Waals surface area contributed by atoms with Crippen molar-refractivity contribution in [3.63, 3.8) is 0 Å². The van der Waals surface area contributed by atoms with E-state index >= 15 is 0 Å². The number of fused-ring (bicyclic) bond motifs is 1. The van der Waals surface area contributed by atoms with E-state index in [4.69, 9.17) is 0 Å². The molecule has 0 aliphatic carbocycles. The topological polar surface area (TPSA) is 95.6 Å². The molecule has 0 fully saturated rings. The number of carbonyl (C=O) groups is 2. The molecule has 0 bridgehead atoms. The second-order valence-electron chi connectivity index (χ2n) is 6.53. The van der Waals surface area contributed by atoms with Gasteiger partial charge in [-0.2, -0.15) is 0 Å². The van der Waals surface area contributed by atoms with Crippen molar-refractivity contribution in [1.82, 2.24) is 4.90 Å². The number of nitrogens with zero attached hydrogens (tertiary/aromatic N) is 1. The highest BCUT2D eigenvalue weighted by atomic mass is 32.2. The Balaban J connectivity index is 1.84. The van der Waals surface area contributed by atoms with E-state index in [-0.39, 0.29) is 16.7 Å². The van der Waals surface area contributed by atoms with Gasteiger partial charge in [-0.3, -0.25) is 14.3 Å². The van der Waals surface area contributed by atoms with Crippen LogP contribution < -0.4 is 10.0 Å². The van der Waals surface area contributed by atoms with Gasteiger partial charge >= 0.3 is 0 Å². The molecule has 3 rings (SSSR count). The van der Waals surface area contributed by atoms with Crippen molar-refractivity contribution in [2.45, 2.75) is 31.6 Å². The first-order valence-corrected chi connectivity index (χ1v) is 10.7. The van der Waals surface area contributed by atoms with Crippen molar-refractivity contribution in [3.05, 3.63) is 53.6 Å². The summed E-state index contributed by atoms with van der Waals surface area (Å²) in [6.07, 6.45) is 0.831. The number of benzene rings is 2. The maximum atomic E-state index is 12.8. The van der Waals surface area contributed by atoms with Crippen LogP contribution in [0.4, 0.5) is 11.4 Å². The lowest BCUT2D eigenvalue weighted by Gasteiger charge is -2.19. The minimum absolute atomic E-state index is 0.0732. The lowest BCUT2D eigenvalue weighted by molar-refractivity contribution is -0.116. The van der Waals surface area contributed by atoms with Crippen LogP contribution in [0.25, 0.3) is 0 Å². The molecule has 0 atom stereocenters. The van der Waals surface area contributed by atoms with E-state index in [2.05, 4.69) is 10.0 Å². The van der Waals surface area contributed by atoms with E-state index in [9.17, 15) is 18.0 Å². The van der Waals surface area contributed by atoms with Gasteiger partial charge in [0, 0.05) is 36.4 Å². The molecule has 0 saturated heterocycles. The zero-order valence-corrected chi connectivity index (χ0v) is 16.7. The summed E-state index contributed by atoms with van der Waals surface area (Å²) in [5, 5.41) is 2.73. The summed E-state index contributed by atoms with van der Waals surface area (Å²) in [6.45, 7) is 4.95. The van der Waals surface area contributed by atoms with Crippen molar-refractivity contribution in [2.75, 3.05) is 23.1 Å². The van der Waals surface area contributed by atoms with Crippen LogP contribution in [-0.4, -0.2) is 38.2 Å². The number of carbonyl (C=O) groups excluding carboxylic acids is 2. The lowest BCUT2D eigenvalue weighted by atomic mass is 10.0. The van der Waals surface area contributed by atoms with Crippen molar-refractivity contribution in [2.24, 2.45) is 0 Å². The molecular weight excluding hydrogens is 378 g/mol. The quantitative estimate of drug-likeness (QED) is 0.778. The van der Waals surface area contributed by atoms with Crippen molar-refractivity contribution in [3.8, 4) is 0 Å². The number of rotatable bonds is 6. The second-order valence-corrected chi connectivity index (χ2v) is 8.21. The number of sulfonamides is 1. The van der Waals surface area contributed by atoms with Crippen LogP contribution in [-0.2, 0) is 21.2 Å². The van der Waals surface area contributed by atoms with Crippen LogP contribution in [0, 0.1) is 0 Å². The molecule has 1 aliphatic rings. The number of aryl methyl sites for hydroxylation is 1. The minimum Gasteiger partial charge on any atom is -0.339 e. The van der Waals surface area contributed by atoms with E-state index < -0.39 is 10.0 Å². The number of amides is 2. The first kappa shape index (κ1) is 19.9. The zero-order chi connectivity index (χ0) is 20.3. The van der Waals surface area contributed by atoms with Crippen molar-refractivity contribution < 1.29 is 18.0 Å². The standard InChI is InChI=1S/C20H23N3O4S/c1-3-23(4-2)20(25)15-6-5-7-16(12-15)22-28(26,27)17-9-10-18-14(13-17)8-11-19(24)21-18/h5-7,9-10,12-13,22H,3-4,8,11H2,1-2H3,(H,21,24). The third-order valence-electron chi connectivity index (χ3n) is 4.69. The number of nitrogens with one attached hydrogen (secondary N) is 2. The monoisotopic (exact) mass is 401 g/mol. The Morgan fingerprint density at radius 1 is 1.11 bits per heavy atom. The SMILES string of the molecule is CCN(CC)C(=O)c1cccc(NS(=O)(=O)c2ccc3c(c2)CCC(=O)N3)c1. The van der Waals surface area contributed by atoms with Gasteiger partial charge in [0.05, 0.1) is 4.90 Å². The first-order valence-electron chi connectivity index (χ1n) is 9.19. The number of hydrogen-bond acceptors (Lipinski definition) is 4. The van der Waals surface area contributed by atoms with Gasteiger partial charge in [-0.25, -0.2) is 8.42 Å². The summed E-state index contributed by atoms with van der Waals surface area (Å²) in [5.41, 5.74) is 2.18. The summed E-state index contributed by atoms with van der Waals surface area (Å²) in [5.74, 6) is -0.216. The maximum absolute atomic E-state index is 12.8. The third kappa shape index (κ3) is 4.17. The average Bonchev–Trinajstić information content (AvgIpc) is 2.68. The highest BCUT2D eigenvalue weighted by molar-refractivity contribution is 7.92. The van der Waals surface area contributed by atoms with E-state index in [1.54, 1.807) is 35.2 Å². The largest absolute Gasteiger partial charge is 0.339 e. The smallest absolute Gasteiger partial charge is 0.261 e. The number of hydrogen-bond donors (Lipinski definition) is 2. The fraction of sp³-hybridized carbons (Fsp3) is 0.300. The summed E-state index contributed by atoms with van der Waals surface area (Å²) in [7, 11) is -3.82. The average molecular weight is 401 g/mol. The van der Waals surface area contributed by atoms with E-state index in [1.807, 2.05) is 13.8 Å². The van der Waals surface area contributed by atoms with Gasteiger partial charge in [-0.15, -0.1) is 0 Å². The van der Waals surface area contributed by atoms with Gasteiger partial charge in [0.25, 0.3) is 15.9 Å². The van der Waals surface area contributed by atoms with Crippen LogP contribution in [0.15, 0.2) is 47.4 Å². The van der Waals surface area contributed by atoms with Crippen LogP contribution in [0.5, 0.6) is 0 Å². The second kappa shape index (κ2) is 8.02. The molecule has 2 amide bonds. The zero-order valence-electron chi connectivity index (χ0n) is 15.9. The maximum Gasteiger partial charge on any atom is 0.261 e. The highest BCUT2D eigenvalue weighted by Crippen LogP contribution is 2.26. The predicted molar refractivity (Wildman–Crippen MR) is 108 cm³/mol. The molecule has 28 heavy (non-hydrogen) atoms. The van der Waals surface area contributed by atoms with E-state index in [0.29, 0.717) is 42.9 Å². The van der Waals surface area contributed by atoms with E-state index in [0.717, 1.165) is 5.56 Å². The summed E-state index contributed by atoms with van der Waals surface area (Å²) < 4.78 is 28.1. The van der Waals surface area contributed by atoms with Crippen LogP contribution in [0.2, 0.25) is 0 Å². The molecule has 2 N–H and O–H groups in total. The Morgan fingerprint density at radius 2 is 1.86 bits per heavy atom. The fourth-order valence-corrected chi connectivity index (χ4v) is 4.25. The molecule has 0 spiro atoms. The van der Waals surface area contributed by atoms with E-state index in [1.165, 1.54) is 12.1 Å². The van der Waals surface area contributed by atoms with Crippen molar-refractivity contribution >= 4 is 33.2 Å². The molecule has 148 valence electrons. The van der Waals surface area contributed by atoms with Crippen LogP contribution >= 0.6 is 0 Å². The molecule has 7 nitrogen and oxygen atoms in total. The Kier molecular flexibility index (Phi) is 5.69. The number of anilines is 2. The Hall–Kier alpha value is -2.87. The molecule has 1 heterocycles. The molecule has 8 heteroatoms. The van der Waals surface area contributed by atoms with Crippen LogP contribution in [0.1, 0.15) is 36.2 Å². The normalized spacial score (nSPS) is 13.4. The minimum atomic E-state index is -3.82. The third-order valence-corrected chi connectivity index (χ3v) is 6.07.